The van der Waals surface area contributed by atoms with Crippen molar-refractivity contribution in [2.24, 2.45) is 5.73 Å². The number of rotatable bonds is 3. The first-order valence-corrected chi connectivity index (χ1v) is 9.25. The van der Waals surface area contributed by atoms with E-state index in [1.54, 1.807) is 17.1 Å². The molecule has 142 valence electrons. The molecule has 2 aromatic carbocycles. The van der Waals surface area contributed by atoms with Gasteiger partial charge in [-0.25, -0.2) is 4.68 Å². The summed E-state index contributed by atoms with van der Waals surface area (Å²) >= 11 is 0. The largest absolute Gasteiger partial charge is 0.366 e. The maximum atomic E-state index is 12.3. The van der Waals surface area contributed by atoms with Crippen LogP contribution in [0.5, 0.6) is 0 Å². The second kappa shape index (κ2) is 6.56. The first kappa shape index (κ1) is 17.1. The average molecular weight is 382 g/mol. The number of amides is 1. The van der Waals surface area contributed by atoms with Crippen LogP contribution >= 0.6 is 0 Å². The SMILES string of the molecule is CC1=C(C(N)=O)C(c2ccncc2)n2nc(-c3cccc4ccccc34)nc2N1. The molecule has 2 aromatic heterocycles. The molecule has 7 heteroatoms. The van der Waals surface area contributed by atoms with Gasteiger partial charge in [-0.1, -0.05) is 42.5 Å². The third-order valence-corrected chi connectivity index (χ3v) is 5.17. The number of hydrogen-bond acceptors (Lipinski definition) is 5. The van der Waals surface area contributed by atoms with Crippen LogP contribution in [0.25, 0.3) is 22.2 Å². The fourth-order valence-electron chi connectivity index (χ4n) is 3.86. The second-order valence-corrected chi connectivity index (χ2v) is 6.94. The zero-order chi connectivity index (χ0) is 20.0. The van der Waals surface area contributed by atoms with Crippen molar-refractivity contribution in [3.63, 3.8) is 0 Å². The number of fused-ring (bicyclic) bond motifs is 2. The van der Waals surface area contributed by atoms with Crippen molar-refractivity contribution in [1.29, 1.82) is 0 Å². The van der Waals surface area contributed by atoms with Gasteiger partial charge in [-0.3, -0.25) is 9.78 Å². The highest BCUT2D eigenvalue weighted by Gasteiger charge is 2.33. The lowest BCUT2D eigenvalue weighted by Crippen LogP contribution is -2.31. The molecule has 5 rings (SSSR count). The van der Waals surface area contributed by atoms with Crippen molar-refractivity contribution >= 4 is 22.6 Å². The van der Waals surface area contributed by atoms with E-state index in [1.165, 1.54) is 0 Å². The third-order valence-electron chi connectivity index (χ3n) is 5.17. The fourth-order valence-corrected chi connectivity index (χ4v) is 3.86. The molecule has 0 saturated heterocycles. The number of aromatic nitrogens is 4. The zero-order valence-corrected chi connectivity index (χ0v) is 15.7. The maximum absolute atomic E-state index is 12.3. The van der Waals surface area contributed by atoms with Crippen LogP contribution in [0.2, 0.25) is 0 Å². The minimum Gasteiger partial charge on any atom is -0.366 e. The van der Waals surface area contributed by atoms with Gasteiger partial charge in [0.05, 0.1) is 5.57 Å². The fraction of sp³-hybridized carbons (Fsp3) is 0.0909. The van der Waals surface area contributed by atoms with Gasteiger partial charge in [0, 0.05) is 23.7 Å². The lowest BCUT2D eigenvalue weighted by molar-refractivity contribution is -0.115. The molecule has 3 heterocycles. The molecule has 0 aliphatic carbocycles. The highest BCUT2D eigenvalue weighted by molar-refractivity contribution is 5.96. The molecule has 1 aliphatic heterocycles. The maximum Gasteiger partial charge on any atom is 0.248 e. The van der Waals surface area contributed by atoms with Gasteiger partial charge >= 0.3 is 0 Å². The number of primary amides is 1. The molecule has 29 heavy (non-hydrogen) atoms. The monoisotopic (exact) mass is 382 g/mol. The number of nitrogens with zero attached hydrogens (tertiary/aromatic N) is 4. The molecule has 0 radical (unpaired) electrons. The average Bonchev–Trinajstić information content (AvgIpc) is 3.16. The third kappa shape index (κ3) is 2.75. The molecule has 1 aliphatic rings. The Morgan fingerprint density at radius 2 is 1.83 bits per heavy atom. The van der Waals surface area contributed by atoms with Gasteiger partial charge in [-0.2, -0.15) is 4.98 Å². The summed E-state index contributed by atoms with van der Waals surface area (Å²) in [5.74, 6) is 0.656. The van der Waals surface area contributed by atoms with Crippen LogP contribution in [0, 0.1) is 0 Å². The lowest BCUT2D eigenvalue weighted by Gasteiger charge is -2.27. The summed E-state index contributed by atoms with van der Waals surface area (Å²) < 4.78 is 1.72. The van der Waals surface area contributed by atoms with Crippen LogP contribution in [0.15, 0.2) is 78.3 Å². The van der Waals surface area contributed by atoms with E-state index in [0.29, 0.717) is 23.0 Å². The number of nitrogens with one attached hydrogen (secondary N) is 1. The molecule has 1 unspecified atom stereocenters. The molecular formula is C22H18N6O. The molecule has 0 fully saturated rings. The molecule has 0 bridgehead atoms. The zero-order valence-electron chi connectivity index (χ0n) is 15.7. The number of carbonyl (C=O) groups excluding carboxylic acids is 1. The number of nitrogens with two attached hydrogens (primary N) is 1. The topological polar surface area (TPSA) is 98.7 Å². The lowest BCUT2D eigenvalue weighted by atomic mass is 9.96. The van der Waals surface area contributed by atoms with Crippen molar-refractivity contribution in [3.8, 4) is 11.4 Å². The summed E-state index contributed by atoms with van der Waals surface area (Å²) in [4.78, 5) is 21.1. The van der Waals surface area contributed by atoms with Gasteiger partial charge in [0.25, 0.3) is 0 Å². The summed E-state index contributed by atoms with van der Waals surface area (Å²) in [6.45, 7) is 1.82. The molecule has 4 aromatic rings. The van der Waals surface area contributed by atoms with Gasteiger partial charge in [0.2, 0.25) is 11.9 Å². The first-order valence-electron chi connectivity index (χ1n) is 9.25. The van der Waals surface area contributed by atoms with Crippen molar-refractivity contribution in [2.45, 2.75) is 13.0 Å². The predicted octanol–water partition coefficient (Wildman–Crippen LogP) is 3.27. The summed E-state index contributed by atoms with van der Waals surface area (Å²) in [6.07, 6.45) is 3.38. The first-order chi connectivity index (χ1) is 14.1. The number of benzene rings is 2. The summed E-state index contributed by atoms with van der Waals surface area (Å²) in [7, 11) is 0. The molecule has 1 amide bonds. The van der Waals surface area contributed by atoms with Crippen molar-refractivity contribution in [2.75, 3.05) is 5.32 Å². The van der Waals surface area contributed by atoms with Crippen LogP contribution in [0.4, 0.5) is 5.95 Å². The number of pyridine rings is 1. The van der Waals surface area contributed by atoms with E-state index >= 15 is 0 Å². The minimum atomic E-state index is -0.496. The molecule has 3 N–H and O–H groups in total. The Hall–Kier alpha value is -4.00. The van der Waals surface area contributed by atoms with Gasteiger partial charge in [-0.05, 0) is 35.4 Å². The van der Waals surface area contributed by atoms with Crippen LogP contribution in [-0.2, 0) is 4.79 Å². The Morgan fingerprint density at radius 1 is 1.07 bits per heavy atom. The molecule has 0 spiro atoms. The Morgan fingerprint density at radius 3 is 2.62 bits per heavy atom. The summed E-state index contributed by atoms with van der Waals surface area (Å²) in [5, 5.41) is 10.1. The van der Waals surface area contributed by atoms with Gasteiger partial charge in [0.15, 0.2) is 5.82 Å². The quantitative estimate of drug-likeness (QED) is 0.567. The van der Waals surface area contributed by atoms with E-state index in [0.717, 1.165) is 21.9 Å². The summed E-state index contributed by atoms with van der Waals surface area (Å²) in [5.41, 5.74) is 8.64. The number of hydrogen-bond donors (Lipinski definition) is 2. The Balaban J connectivity index is 1.71. The standard InChI is InChI=1S/C22H18N6O/c1-13-18(20(23)29)19(15-9-11-24-12-10-15)28-22(25-13)26-21(27-28)17-8-4-6-14-5-2-3-7-16(14)17/h2-12,19H,1H3,(H2,23,29)(H,25,26,27). The van der Waals surface area contributed by atoms with E-state index < -0.39 is 11.9 Å². The number of carbonyl (C=O) groups is 1. The molecule has 1 atom stereocenters. The normalized spacial score (nSPS) is 15.8. The second-order valence-electron chi connectivity index (χ2n) is 6.94. The highest BCUT2D eigenvalue weighted by Crippen LogP contribution is 2.36. The molecular weight excluding hydrogens is 364 g/mol. The Labute approximate surface area is 166 Å². The van der Waals surface area contributed by atoms with E-state index in [9.17, 15) is 4.79 Å². The van der Waals surface area contributed by atoms with E-state index in [-0.39, 0.29) is 0 Å². The highest BCUT2D eigenvalue weighted by atomic mass is 16.1. The van der Waals surface area contributed by atoms with E-state index in [2.05, 4.69) is 28.5 Å². The Kier molecular flexibility index (Phi) is 3.87. The summed E-state index contributed by atoms with van der Waals surface area (Å²) in [6, 6.07) is 17.4. The minimum absolute atomic E-state index is 0.457. The molecule has 7 nitrogen and oxygen atoms in total. The van der Waals surface area contributed by atoms with E-state index in [1.807, 2.05) is 43.3 Å². The Bertz CT molecular complexity index is 1270. The van der Waals surface area contributed by atoms with Crippen LogP contribution < -0.4 is 11.1 Å². The smallest absolute Gasteiger partial charge is 0.248 e. The van der Waals surface area contributed by atoms with Crippen LogP contribution in [-0.4, -0.2) is 25.7 Å². The van der Waals surface area contributed by atoms with E-state index in [4.69, 9.17) is 15.8 Å². The van der Waals surface area contributed by atoms with Crippen LogP contribution in [0.1, 0.15) is 18.5 Å². The number of anilines is 1. The van der Waals surface area contributed by atoms with Crippen molar-refractivity contribution in [1.82, 2.24) is 19.7 Å². The van der Waals surface area contributed by atoms with Crippen LogP contribution in [0.3, 0.4) is 0 Å². The van der Waals surface area contributed by atoms with Gasteiger partial charge in [-0.15, -0.1) is 5.10 Å². The van der Waals surface area contributed by atoms with Crippen molar-refractivity contribution in [3.05, 3.63) is 83.8 Å². The van der Waals surface area contributed by atoms with Gasteiger partial charge in [0.1, 0.15) is 6.04 Å². The number of allylic oxidation sites excluding steroid dienone is 1. The molecule has 0 saturated carbocycles. The van der Waals surface area contributed by atoms with Gasteiger partial charge < -0.3 is 11.1 Å². The van der Waals surface area contributed by atoms with Crippen molar-refractivity contribution < 1.29 is 4.79 Å². The predicted molar refractivity (Wildman–Crippen MR) is 111 cm³/mol.